The van der Waals surface area contributed by atoms with Crippen LogP contribution in [0.1, 0.15) is 19.8 Å². The summed E-state index contributed by atoms with van der Waals surface area (Å²) in [7, 11) is 0. The van der Waals surface area contributed by atoms with Crippen molar-refractivity contribution in [1.82, 2.24) is 5.32 Å². The minimum atomic E-state index is -0.139. The van der Waals surface area contributed by atoms with Gasteiger partial charge in [-0.1, -0.05) is 23.2 Å². The summed E-state index contributed by atoms with van der Waals surface area (Å²) >= 11 is 12.0. The zero-order valence-corrected chi connectivity index (χ0v) is 10.7. The Hall–Kier alpha value is -0.440. The van der Waals surface area contributed by atoms with Crippen molar-refractivity contribution in [2.45, 2.75) is 25.4 Å². The first-order chi connectivity index (χ1) is 7.59. The molecule has 16 heavy (non-hydrogen) atoms. The van der Waals surface area contributed by atoms with Crippen molar-refractivity contribution in [3.8, 4) is 5.75 Å². The molecule has 0 unspecified atom stereocenters. The predicted molar refractivity (Wildman–Crippen MR) is 67.6 cm³/mol. The number of hydrogen-bond acceptors (Lipinski definition) is 2. The van der Waals surface area contributed by atoms with Crippen molar-refractivity contribution in [2.24, 2.45) is 0 Å². The Morgan fingerprint density at radius 2 is 1.94 bits per heavy atom. The molecule has 1 saturated heterocycles. The zero-order chi connectivity index (χ0) is 11.6. The van der Waals surface area contributed by atoms with E-state index < -0.39 is 0 Å². The maximum Gasteiger partial charge on any atom is 0.140 e. The summed E-state index contributed by atoms with van der Waals surface area (Å²) in [4.78, 5) is 0. The lowest BCUT2D eigenvalue weighted by Crippen LogP contribution is -2.43. The molecule has 0 aliphatic carbocycles. The van der Waals surface area contributed by atoms with E-state index in [0.29, 0.717) is 15.8 Å². The molecule has 0 amide bonds. The first-order valence-corrected chi connectivity index (χ1v) is 6.19. The van der Waals surface area contributed by atoms with E-state index in [2.05, 4.69) is 12.2 Å². The second-order valence-corrected chi connectivity index (χ2v) is 5.22. The normalized spacial score (nSPS) is 19.4. The highest BCUT2D eigenvalue weighted by molar-refractivity contribution is 6.34. The predicted octanol–water partition coefficient (Wildman–Crippen LogP) is 3.51. The highest BCUT2D eigenvalue weighted by Crippen LogP contribution is 2.33. The van der Waals surface area contributed by atoms with Crippen molar-refractivity contribution in [3.63, 3.8) is 0 Å². The van der Waals surface area contributed by atoms with Crippen molar-refractivity contribution < 1.29 is 4.74 Å². The van der Waals surface area contributed by atoms with Crippen LogP contribution in [-0.2, 0) is 0 Å². The average molecular weight is 260 g/mol. The molecule has 1 aliphatic rings. The van der Waals surface area contributed by atoms with Crippen molar-refractivity contribution in [3.05, 3.63) is 28.2 Å². The average Bonchev–Trinajstić information content (AvgIpc) is 2.24. The Bertz CT molecular complexity index is 375. The van der Waals surface area contributed by atoms with Gasteiger partial charge in [0.15, 0.2) is 0 Å². The quantitative estimate of drug-likeness (QED) is 0.878. The van der Waals surface area contributed by atoms with Crippen molar-refractivity contribution in [1.29, 1.82) is 0 Å². The largest absolute Gasteiger partial charge is 0.486 e. The van der Waals surface area contributed by atoms with Gasteiger partial charge in [0, 0.05) is 11.1 Å². The van der Waals surface area contributed by atoms with Gasteiger partial charge in [-0.3, -0.25) is 0 Å². The minimum Gasteiger partial charge on any atom is -0.486 e. The molecule has 0 atom stereocenters. The second kappa shape index (κ2) is 4.82. The number of halogens is 2. The summed E-state index contributed by atoms with van der Waals surface area (Å²) in [5, 5.41) is 4.58. The van der Waals surface area contributed by atoms with Crippen LogP contribution in [-0.4, -0.2) is 18.7 Å². The van der Waals surface area contributed by atoms with E-state index in [1.165, 1.54) is 0 Å². The van der Waals surface area contributed by atoms with Crippen LogP contribution in [0.25, 0.3) is 0 Å². The van der Waals surface area contributed by atoms with Gasteiger partial charge < -0.3 is 10.1 Å². The van der Waals surface area contributed by atoms with Gasteiger partial charge in [-0.25, -0.2) is 0 Å². The van der Waals surface area contributed by atoms with Gasteiger partial charge >= 0.3 is 0 Å². The molecule has 1 fully saturated rings. The lowest BCUT2D eigenvalue weighted by molar-refractivity contribution is 0.0557. The smallest absolute Gasteiger partial charge is 0.140 e. The van der Waals surface area contributed by atoms with Crippen LogP contribution >= 0.6 is 23.2 Å². The molecule has 88 valence electrons. The van der Waals surface area contributed by atoms with Crippen LogP contribution in [0.4, 0.5) is 0 Å². The SMILES string of the molecule is CC1(Oc2cc(Cl)ccc2Cl)CCNCC1. The third-order valence-electron chi connectivity index (χ3n) is 2.91. The minimum absolute atomic E-state index is 0.139. The topological polar surface area (TPSA) is 21.3 Å². The second-order valence-electron chi connectivity index (χ2n) is 4.38. The fourth-order valence-electron chi connectivity index (χ4n) is 1.88. The van der Waals surface area contributed by atoms with Crippen molar-refractivity contribution >= 4 is 23.2 Å². The molecule has 0 bridgehead atoms. The highest BCUT2D eigenvalue weighted by Gasteiger charge is 2.29. The van der Waals surface area contributed by atoms with E-state index in [1.54, 1.807) is 18.2 Å². The van der Waals surface area contributed by atoms with E-state index in [4.69, 9.17) is 27.9 Å². The third kappa shape index (κ3) is 2.82. The van der Waals surface area contributed by atoms with Gasteiger partial charge in [0.2, 0.25) is 0 Å². The molecule has 0 aromatic heterocycles. The van der Waals surface area contributed by atoms with Gasteiger partial charge in [-0.05, 0) is 45.0 Å². The molecule has 0 saturated carbocycles. The highest BCUT2D eigenvalue weighted by atomic mass is 35.5. The summed E-state index contributed by atoms with van der Waals surface area (Å²) < 4.78 is 6.00. The number of piperidine rings is 1. The summed E-state index contributed by atoms with van der Waals surface area (Å²) in [5.74, 6) is 0.679. The van der Waals surface area contributed by atoms with Gasteiger partial charge in [0.25, 0.3) is 0 Å². The number of nitrogens with one attached hydrogen (secondary N) is 1. The molecule has 1 N–H and O–H groups in total. The summed E-state index contributed by atoms with van der Waals surface area (Å²) in [6.07, 6.45) is 1.96. The zero-order valence-electron chi connectivity index (χ0n) is 9.22. The Morgan fingerprint density at radius 1 is 1.25 bits per heavy atom. The maximum atomic E-state index is 6.08. The Balaban J connectivity index is 2.15. The molecule has 2 rings (SSSR count). The van der Waals surface area contributed by atoms with Crippen LogP contribution in [0, 0.1) is 0 Å². The lowest BCUT2D eigenvalue weighted by Gasteiger charge is -2.35. The summed E-state index contributed by atoms with van der Waals surface area (Å²) in [5.41, 5.74) is -0.139. The third-order valence-corrected chi connectivity index (χ3v) is 3.46. The van der Waals surface area contributed by atoms with Crippen LogP contribution in [0.3, 0.4) is 0 Å². The Labute approximate surface area is 106 Å². The van der Waals surface area contributed by atoms with Crippen LogP contribution < -0.4 is 10.1 Å². The fraction of sp³-hybridized carbons (Fsp3) is 0.500. The molecule has 0 radical (unpaired) electrons. The lowest BCUT2D eigenvalue weighted by atomic mass is 9.94. The molecule has 4 heteroatoms. The molecular formula is C12H15Cl2NO. The van der Waals surface area contributed by atoms with Gasteiger partial charge in [0.1, 0.15) is 11.4 Å². The van der Waals surface area contributed by atoms with Gasteiger partial charge in [-0.15, -0.1) is 0 Å². The summed E-state index contributed by atoms with van der Waals surface area (Å²) in [6.45, 7) is 4.08. The van der Waals surface area contributed by atoms with Gasteiger partial charge in [0.05, 0.1) is 5.02 Å². The molecular weight excluding hydrogens is 245 g/mol. The number of benzene rings is 1. The van der Waals surface area contributed by atoms with E-state index in [1.807, 2.05) is 0 Å². The molecule has 1 aromatic carbocycles. The monoisotopic (exact) mass is 259 g/mol. The van der Waals surface area contributed by atoms with Crippen LogP contribution in [0.2, 0.25) is 10.0 Å². The summed E-state index contributed by atoms with van der Waals surface area (Å²) in [6, 6.07) is 5.31. The van der Waals surface area contributed by atoms with E-state index in [0.717, 1.165) is 25.9 Å². The van der Waals surface area contributed by atoms with E-state index in [9.17, 15) is 0 Å². The molecule has 1 heterocycles. The maximum absolute atomic E-state index is 6.08. The molecule has 1 aromatic rings. The molecule has 1 aliphatic heterocycles. The molecule has 0 spiro atoms. The first kappa shape index (κ1) is 12.0. The number of ether oxygens (including phenoxy) is 1. The Morgan fingerprint density at radius 3 is 2.62 bits per heavy atom. The Kier molecular flexibility index (Phi) is 3.63. The first-order valence-electron chi connectivity index (χ1n) is 5.44. The molecule has 2 nitrogen and oxygen atoms in total. The fourth-order valence-corrected chi connectivity index (χ4v) is 2.20. The van der Waals surface area contributed by atoms with Crippen LogP contribution in [0.15, 0.2) is 18.2 Å². The van der Waals surface area contributed by atoms with Crippen molar-refractivity contribution in [2.75, 3.05) is 13.1 Å². The van der Waals surface area contributed by atoms with Gasteiger partial charge in [-0.2, -0.15) is 0 Å². The number of rotatable bonds is 2. The van der Waals surface area contributed by atoms with E-state index >= 15 is 0 Å². The van der Waals surface area contributed by atoms with E-state index in [-0.39, 0.29) is 5.60 Å². The standard InChI is InChI=1S/C12H15Cl2NO/c1-12(4-6-15-7-5-12)16-11-8-9(13)2-3-10(11)14/h2-3,8,15H,4-7H2,1H3. The number of hydrogen-bond donors (Lipinski definition) is 1. The van der Waals surface area contributed by atoms with Crippen LogP contribution in [0.5, 0.6) is 5.75 Å².